The molecule has 14 heterocycles. The number of hydrogen-bond acceptors (Lipinski definition) is 16. The Morgan fingerprint density at radius 1 is 0.516 bits per heavy atom. The van der Waals surface area contributed by atoms with Gasteiger partial charge in [0.1, 0.15) is 28.3 Å². The minimum Gasteiger partial charge on any atom is -0.370 e. The van der Waals surface area contributed by atoms with Gasteiger partial charge in [0.2, 0.25) is 0 Å². The average molecular weight is 1250 g/mol. The minimum absolute atomic E-state index is 0.0378. The van der Waals surface area contributed by atoms with Crippen molar-refractivity contribution >= 4 is 50.3 Å². The van der Waals surface area contributed by atoms with Crippen LogP contribution in [0.25, 0.3) is 72.9 Å². The number of piperidine rings is 3. The second-order valence-corrected chi connectivity index (χ2v) is 25.9. The largest absolute Gasteiger partial charge is 0.370 e. The van der Waals surface area contributed by atoms with Crippen LogP contribution in [0.4, 0.5) is 11.4 Å². The van der Waals surface area contributed by atoms with Gasteiger partial charge in [0.15, 0.2) is 0 Å². The first kappa shape index (κ1) is 62.3. The number of rotatable bonds is 10. The van der Waals surface area contributed by atoms with Gasteiger partial charge in [-0.05, 0) is 172 Å². The summed E-state index contributed by atoms with van der Waals surface area (Å²) in [4.78, 5) is 69.6. The first-order valence-corrected chi connectivity index (χ1v) is 32.7. The van der Waals surface area contributed by atoms with Crippen LogP contribution in [0.1, 0.15) is 105 Å². The van der Waals surface area contributed by atoms with Gasteiger partial charge in [-0.15, -0.1) is 0 Å². The molecule has 480 valence electrons. The zero-order valence-electron chi connectivity index (χ0n) is 55.2. The maximum Gasteiger partial charge on any atom is 0.258 e. The molecule has 22 heteroatoms. The molecule has 0 atom stereocenters. The lowest BCUT2D eigenvalue weighted by Crippen LogP contribution is -2.44. The zero-order valence-corrected chi connectivity index (χ0v) is 55.2. The Hall–Kier alpha value is -9.51. The third-order valence-corrected chi connectivity index (χ3v) is 18.7. The van der Waals surface area contributed by atoms with Crippen molar-refractivity contribution in [2.75, 3.05) is 62.7 Å². The molecular weight excluding hydrogens is 1170 g/mol. The van der Waals surface area contributed by atoms with Crippen LogP contribution >= 0.6 is 0 Å². The fraction of sp³-hybridized carbons (Fsp3) is 0.394. The van der Waals surface area contributed by atoms with Gasteiger partial charge in [-0.1, -0.05) is 32.9 Å². The monoisotopic (exact) mass is 1250 g/mol. The van der Waals surface area contributed by atoms with E-state index in [9.17, 15) is 14.4 Å². The van der Waals surface area contributed by atoms with Gasteiger partial charge in [-0.3, -0.25) is 42.2 Å². The van der Waals surface area contributed by atoms with Crippen molar-refractivity contribution in [1.29, 1.82) is 0 Å². The predicted octanol–water partition coefficient (Wildman–Crippen LogP) is 9.26. The van der Waals surface area contributed by atoms with E-state index < -0.39 is 0 Å². The summed E-state index contributed by atoms with van der Waals surface area (Å²) in [5.74, 6) is 0.516. The normalized spacial score (nSPS) is 15.5. The van der Waals surface area contributed by atoms with Crippen molar-refractivity contribution in [3.63, 3.8) is 0 Å². The molecular formula is C71H83N19O3. The van der Waals surface area contributed by atoms with Crippen molar-refractivity contribution in [2.24, 2.45) is 7.05 Å². The highest BCUT2D eigenvalue weighted by Gasteiger charge is 2.25. The van der Waals surface area contributed by atoms with E-state index in [4.69, 9.17) is 15.0 Å². The molecule has 0 bridgehead atoms. The number of nitrogens with zero attached hydrogens (tertiary/aromatic N) is 17. The van der Waals surface area contributed by atoms with E-state index in [0.29, 0.717) is 69.5 Å². The van der Waals surface area contributed by atoms with Crippen LogP contribution in [0, 0.1) is 41.5 Å². The Kier molecular flexibility index (Phi) is 17.3. The van der Waals surface area contributed by atoms with Gasteiger partial charge in [-0.2, -0.15) is 15.3 Å². The first-order valence-electron chi connectivity index (χ1n) is 32.7. The van der Waals surface area contributed by atoms with Crippen molar-refractivity contribution in [2.45, 2.75) is 125 Å². The number of fused-ring (bicyclic) bond motifs is 6. The van der Waals surface area contributed by atoms with E-state index in [-0.39, 0.29) is 16.7 Å². The third kappa shape index (κ3) is 13.0. The lowest BCUT2D eigenvalue weighted by Gasteiger charge is -2.35. The quantitative estimate of drug-likeness (QED) is 0.130. The van der Waals surface area contributed by atoms with Gasteiger partial charge in [0.25, 0.3) is 16.7 Å². The van der Waals surface area contributed by atoms with Crippen molar-refractivity contribution < 1.29 is 0 Å². The van der Waals surface area contributed by atoms with Crippen LogP contribution in [-0.2, 0) is 7.05 Å². The molecule has 22 nitrogen and oxygen atoms in total. The number of pyridine rings is 3. The van der Waals surface area contributed by atoms with E-state index in [1.54, 1.807) is 40.6 Å². The van der Waals surface area contributed by atoms with Crippen molar-refractivity contribution in [3.8, 4) is 34.0 Å². The fourth-order valence-electron chi connectivity index (χ4n) is 13.7. The first-order chi connectivity index (χ1) is 44.8. The molecule has 0 saturated carbocycles. The number of likely N-dealkylation sites (tertiary alicyclic amines) is 1. The molecule has 2 N–H and O–H groups in total. The Morgan fingerprint density at radius 3 is 1.57 bits per heavy atom. The van der Waals surface area contributed by atoms with Crippen LogP contribution in [-0.4, -0.2) is 143 Å². The lowest BCUT2D eigenvalue weighted by molar-refractivity contribution is 0.222. The number of hydrogen-bond donors (Lipinski definition) is 2. The Morgan fingerprint density at radius 2 is 1.04 bits per heavy atom. The third-order valence-electron chi connectivity index (χ3n) is 18.7. The fourth-order valence-corrected chi connectivity index (χ4v) is 13.7. The van der Waals surface area contributed by atoms with Gasteiger partial charge in [0.05, 0.1) is 80.2 Å². The molecule has 3 fully saturated rings. The molecule has 93 heavy (non-hydrogen) atoms. The van der Waals surface area contributed by atoms with E-state index in [0.717, 1.165) is 157 Å². The molecule has 3 saturated heterocycles. The molecule has 0 radical (unpaired) electrons. The molecule has 11 aromatic heterocycles. The smallest absolute Gasteiger partial charge is 0.258 e. The van der Waals surface area contributed by atoms with Crippen LogP contribution in [0.5, 0.6) is 0 Å². The predicted molar refractivity (Wildman–Crippen MR) is 368 cm³/mol. The Bertz CT molecular complexity index is 4970. The molecule has 0 aliphatic carbocycles. The minimum atomic E-state index is -0.0989. The number of nitrogens with one attached hydrogen (secondary N) is 2. The van der Waals surface area contributed by atoms with Gasteiger partial charge in [0, 0.05) is 105 Å². The van der Waals surface area contributed by atoms with Crippen LogP contribution < -0.4 is 37.1 Å². The molecule has 15 rings (SSSR count). The van der Waals surface area contributed by atoms with E-state index in [2.05, 4.69) is 89.6 Å². The van der Waals surface area contributed by atoms with Crippen LogP contribution in [0.15, 0.2) is 124 Å². The summed E-state index contributed by atoms with van der Waals surface area (Å²) < 4.78 is 10.4. The van der Waals surface area contributed by atoms with Gasteiger partial charge < -0.3 is 25.3 Å². The number of aryl methyl sites for hydroxylation is 7. The SMILES string of the molecule is CCN1CCC(c2ccc3nc(-c4ccc5nn(C)cc5c4)cc(=O)n3c2)CC1.CNC1CCN(c2cc(C)c3nc(-c4cc5c(C)nc(C)cn5n4)cc(=O)n3c2)CC1.Cc1cn2nc(-c3cc(=O)n4cc(N5CCC(NC(C)C)CC5)cc(C)c4n3)cc2c(C)n1. The second-order valence-electron chi connectivity index (χ2n) is 25.9. The molecule has 0 unspecified atom stereocenters. The summed E-state index contributed by atoms with van der Waals surface area (Å²) in [6.45, 7) is 25.7. The standard InChI is InChI=1S/C25H31N7O.C23H27N7O.C23H25N5O/c1-15(2)26-19-6-8-30(9-7-19)20-10-16(3)25-28-21(12-24(33)31(25)14-20)22-11-23-18(5)27-17(4)13-32(23)29-22;1-14-9-18(28-7-5-17(24-4)6-8-28)13-29-22(31)11-19(26-23(14)29)20-10-21-16(3)25-15(2)12-30(21)27-20;1-3-27-10-8-16(9-11-27)18-5-7-22-24-21(13-23(29)28(22)15-18)17-4-6-20-19(12-17)14-26(2)25-20/h10-15,19,26H,6-9H2,1-5H3;9-13,17,24H,5-8H2,1-4H3;4-7,12-16H,3,8-11H2,1-2H3. The van der Waals surface area contributed by atoms with E-state index in [1.807, 2.05) is 134 Å². The Labute approximate surface area is 539 Å². The zero-order chi connectivity index (χ0) is 64.9. The molecule has 0 spiro atoms. The number of aromatic nitrogens is 14. The maximum atomic E-state index is 13.1. The van der Waals surface area contributed by atoms with Crippen molar-refractivity contribution in [1.82, 2.24) is 82.7 Å². The van der Waals surface area contributed by atoms with Gasteiger partial charge >= 0.3 is 0 Å². The summed E-state index contributed by atoms with van der Waals surface area (Å²) >= 11 is 0. The summed E-state index contributed by atoms with van der Waals surface area (Å²) in [7, 11) is 3.93. The number of benzene rings is 1. The highest BCUT2D eigenvalue weighted by Crippen LogP contribution is 2.31. The molecule has 12 aromatic rings. The Balaban J connectivity index is 0.000000127. The highest BCUT2D eigenvalue weighted by molar-refractivity contribution is 5.83. The van der Waals surface area contributed by atoms with Gasteiger partial charge in [-0.25, -0.2) is 24.0 Å². The molecule has 0 amide bonds. The maximum absolute atomic E-state index is 13.1. The summed E-state index contributed by atoms with van der Waals surface area (Å²) in [5, 5.41) is 21.7. The molecule has 3 aliphatic rings. The average Bonchev–Trinajstić information content (AvgIpc) is 1.78. The molecule has 3 aliphatic heterocycles. The topological polar surface area (TPSA) is 215 Å². The van der Waals surface area contributed by atoms with Crippen molar-refractivity contribution in [3.05, 3.63) is 181 Å². The summed E-state index contributed by atoms with van der Waals surface area (Å²) in [6, 6.07) is 24.7. The summed E-state index contributed by atoms with van der Waals surface area (Å²) in [5.41, 5.74) is 17.6. The highest BCUT2D eigenvalue weighted by atomic mass is 16.1. The second kappa shape index (κ2) is 25.9. The van der Waals surface area contributed by atoms with E-state index >= 15 is 0 Å². The molecule has 1 aromatic carbocycles. The number of anilines is 2. The summed E-state index contributed by atoms with van der Waals surface area (Å²) in [6.07, 6.45) is 18.3. The van der Waals surface area contributed by atoms with Crippen LogP contribution in [0.3, 0.4) is 0 Å². The van der Waals surface area contributed by atoms with E-state index in [1.165, 1.54) is 5.56 Å². The lowest BCUT2D eigenvalue weighted by atomic mass is 9.90. The van der Waals surface area contributed by atoms with Crippen LogP contribution in [0.2, 0.25) is 0 Å².